The van der Waals surface area contributed by atoms with Crippen molar-refractivity contribution in [2.75, 3.05) is 31.6 Å². The lowest BCUT2D eigenvalue weighted by Gasteiger charge is -2.27. The molecule has 1 aliphatic rings. The highest BCUT2D eigenvalue weighted by Crippen LogP contribution is 2.20. The van der Waals surface area contributed by atoms with Crippen LogP contribution in [0.2, 0.25) is 0 Å². The van der Waals surface area contributed by atoms with E-state index in [0.717, 1.165) is 0 Å². The molecule has 1 aromatic heterocycles. The van der Waals surface area contributed by atoms with Crippen molar-refractivity contribution in [3.8, 4) is 0 Å². The summed E-state index contributed by atoms with van der Waals surface area (Å²) in [5, 5.41) is 3.06. The van der Waals surface area contributed by atoms with Gasteiger partial charge in [0, 0.05) is 25.0 Å². The van der Waals surface area contributed by atoms with Crippen molar-refractivity contribution in [1.82, 2.24) is 9.88 Å². The first-order valence-electron chi connectivity index (χ1n) is 7.09. The number of anilines is 2. The van der Waals surface area contributed by atoms with E-state index in [-0.39, 0.29) is 11.7 Å². The van der Waals surface area contributed by atoms with Crippen LogP contribution < -0.4 is 5.32 Å². The first kappa shape index (κ1) is 14.5. The van der Waals surface area contributed by atoms with Gasteiger partial charge < -0.3 is 15.0 Å². The van der Waals surface area contributed by atoms with Gasteiger partial charge in [0.05, 0.1) is 18.8 Å². The number of halogens is 1. The third-order valence-corrected chi connectivity index (χ3v) is 3.44. The summed E-state index contributed by atoms with van der Waals surface area (Å²) >= 11 is 0. The molecule has 0 radical (unpaired) electrons. The minimum atomic E-state index is -0.309. The zero-order valence-corrected chi connectivity index (χ0v) is 12.0. The molecule has 1 fully saturated rings. The van der Waals surface area contributed by atoms with Gasteiger partial charge in [0.2, 0.25) is 0 Å². The second kappa shape index (κ2) is 6.53. The number of nitrogens with one attached hydrogen (secondary N) is 1. The van der Waals surface area contributed by atoms with Crippen LogP contribution in [0.3, 0.4) is 0 Å². The number of benzene rings is 1. The number of ether oxygens (including phenoxy) is 1. The van der Waals surface area contributed by atoms with Gasteiger partial charge in [-0.15, -0.1) is 0 Å². The number of carbonyl (C=O) groups excluding carboxylic acids is 1. The van der Waals surface area contributed by atoms with Crippen LogP contribution in [0.15, 0.2) is 42.6 Å². The molecule has 6 heteroatoms. The lowest BCUT2D eigenvalue weighted by atomic mass is 10.2. The van der Waals surface area contributed by atoms with E-state index in [1.807, 2.05) is 0 Å². The average Bonchev–Trinajstić information content (AvgIpc) is 2.58. The van der Waals surface area contributed by atoms with Crippen LogP contribution in [0.4, 0.5) is 15.9 Å². The molecule has 0 spiro atoms. The number of hydrogen-bond donors (Lipinski definition) is 1. The summed E-state index contributed by atoms with van der Waals surface area (Å²) in [4.78, 5) is 18.6. The Kier molecular flexibility index (Phi) is 4.29. The molecule has 5 nitrogen and oxygen atoms in total. The molecule has 114 valence electrons. The van der Waals surface area contributed by atoms with Crippen LogP contribution in [0.25, 0.3) is 0 Å². The van der Waals surface area contributed by atoms with Gasteiger partial charge in [0.15, 0.2) is 0 Å². The summed E-state index contributed by atoms with van der Waals surface area (Å²) in [7, 11) is 0. The number of rotatable bonds is 3. The normalized spacial score (nSPS) is 14.7. The van der Waals surface area contributed by atoms with Crippen molar-refractivity contribution in [1.29, 1.82) is 0 Å². The molecule has 1 saturated heterocycles. The fraction of sp³-hybridized carbons (Fsp3) is 0.250. The fourth-order valence-corrected chi connectivity index (χ4v) is 2.28. The molecule has 0 bridgehead atoms. The standard InChI is InChI=1S/C16H16FN3O2/c17-12-3-5-13(6-4-12)19-15-14(2-1-7-18-15)16(21)20-8-10-22-11-9-20/h1-7H,8-11H2,(H,18,19). The van der Waals surface area contributed by atoms with Crippen molar-refractivity contribution in [2.24, 2.45) is 0 Å². The number of nitrogens with zero attached hydrogens (tertiary/aromatic N) is 2. The highest BCUT2D eigenvalue weighted by molar-refractivity contribution is 5.99. The first-order valence-corrected chi connectivity index (χ1v) is 7.09. The third kappa shape index (κ3) is 3.23. The zero-order chi connectivity index (χ0) is 15.4. The zero-order valence-electron chi connectivity index (χ0n) is 12.0. The summed E-state index contributed by atoms with van der Waals surface area (Å²) in [6.45, 7) is 2.24. The van der Waals surface area contributed by atoms with Crippen molar-refractivity contribution < 1.29 is 13.9 Å². The van der Waals surface area contributed by atoms with Gasteiger partial charge >= 0.3 is 0 Å². The predicted octanol–water partition coefficient (Wildman–Crippen LogP) is 2.44. The van der Waals surface area contributed by atoms with Crippen molar-refractivity contribution in [3.63, 3.8) is 0 Å². The van der Waals surface area contributed by atoms with E-state index in [4.69, 9.17) is 4.74 Å². The summed E-state index contributed by atoms with van der Waals surface area (Å²) in [5.74, 6) is 0.0720. The smallest absolute Gasteiger partial charge is 0.257 e. The molecule has 1 aromatic carbocycles. The number of morpholine rings is 1. The molecular formula is C16H16FN3O2. The minimum Gasteiger partial charge on any atom is -0.378 e. The third-order valence-electron chi connectivity index (χ3n) is 3.44. The first-order chi connectivity index (χ1) is 10.7. The Bertz CT molecular complexity index is 655. The van der Waals surface area contributed by atoms with Crippen LogP contribution in [0.1, 0.15) is 10.4 Å². The van der Waals surface area contributed by atoms with Crippen LogP contribution >= 0.6 is 0 Å². The number of carbonyl (C=O) groups is 1. The number of amides is 1. The van der Waals surface area contributed by atoms with Crippen molar-refractivity contribution in [3.05, 3.63) is 54.0 Å². The van der Waals surface area contributed by atoms with E-state index in [9.17, 15) is 9.18 Å². The van der Waals surface area contributed by atoms with Gasteiger partial charge in [-0.3, -0.25) is 4.79 Å². The van der Waals surface area contributed by atoms with Gasteiger partial charge in [0.25, 0.3) is 5.91 Å². The predicted molar refractivity (Wildman–Crippen MR) is 80.6 cm³/mol. The SMILES string of the molecule is O=C(c1cccnc1Nc1ccc(F)cc1)N1CCOCC1. The van der Waals surface area contributed by atoms with Crippen LogP contribution in [-0.2, 0) is 4.74 Å². The van der Waals surface area contributed by atoms with E-state index in [1.165, 1.54) is 12.1 Å². The second-order valence-electron chi connectivity index (χ2n) is 4.94. The Hall–Kier alpha value is -2.47. The summed E-state index contributed by atoms with van der Waals surface area (Å²) in [6, 6.07) is 9.38. The van der Waals surface area contributed by atoms with Crippen LogP contribution in [0.5, 0.6) is 0 Å². The number of pyridine rings is 1. The maximum absolute atomic E-state index is 13.0. The lowest BCUT2D eigenvalue weighted by Crippen LogP contribution is -2.40. The Labute approximate surface area is 127 Å². The van der Waals surface area contributed by atoms with Gasteiger partial charge in [-0.05, 0) is 36.4 Å². The molecule has 2 heterocycles. The molecule has 2 aromatic rings. The van der Waals surface area contributed by atoms with Gasteiger partial charge in [0.1, 0.15) is 11.6 Å². The van der Waals surface area contributed by atoms with E-state index in [0.29, 0.717) is 43.4 Å². The fourth-order valence-electron chi connectivity index (χ4n) is 2.28. The molecule has 1 aliphatic heterocycles. The van der Waals surface area contributed by atoms with E-state index in [2.05, 4.69) is 10.3 Å². The Balaban J connectivity index is 1.82. The number of aromatic nitrogens is 1. The Morgan fingerprint density at radius 2 is 1.91 bits per heavy atom. The maximum Gasteiger partial charge on any atom is 0.257 e. The molecule has 3 rings (SSSR count). The van der Waals surface area contributed by atoms with Crippen LogP contribution in [-0.4, -0.2) is 42.1 Å². The topological polar surface area (TPSA) is 54.5 Å². The highest BCUT2D eigenvalue weighted by Gasteiger charge is 2.21. The lowest BCUT2D eigenvalue weighted by molar-refractivity contribution is 0.0303. The van der Waals surface area contributed by atoms with Crippen molar-refractivity contribution in [2.45, 2.75) is 0 Å². The molecule has 0 saturated carbocycles. The summed E-state index contributed by atoms with van der Waals surface area (Å²) in [6.07, 6.45) is 1.61. The molecule has 0 unspecified atom stereocenters. The largest absolute Gasteiger partial charge is 0.378 e. The molecule has 22 heavy (non-hydrogen) atoms. The van der Waals surface area contributed by atoms with E-state index < -0.39 is 0 Å². The van der Waals surface area contributed by atoms with Gasteiger partial charge in [-0.25, -0.2) is 9.37 Å². The summed E-state index contributed by atoms with van der Waals surface area (Å²) in [5.41, 5.74) is 1.17. The minimum absolute atomic E-state index is 0.0824. The maximum atomic E-state index is 13.0. The monoisotopic (exact) mass is 301 g/mol. The van der Waals surface area contributed by atoms with Gasteiger partial charge in [-0.1, -0.05) is 0 Å². The average molecular weight is 301 g/mol. The van der Waals surface area contributed by atoms with E-state index in [1.54, 1.807) is 35.4 Å². The van der Waals surface area contributed by atoms with Crippen molar-refractivity contribution >= 4 is 17.4 Å². The van der Waals surface area contributed by atoms with E-state index >= 15 is 0 Å². The number of hydrogen-bond acceptors (Lipinski definition) is 4. The molecule has 1 amide bonds. The second-order valence-corrected chi connectivity index (χ2v) is 4.94. The summed E-state index contributed by atoms with van der Waals surface area (Å²) < 4.78 is 18.2. The Morgan fingerprint density at radius 1 is 1.18 bits per heavy atom. The highest BCUT2D eigenvalue weighted by atomic mass is 19.1. The van der Waals surface area contributed by atoms with Gasteiger partial charge in [-0.2, -0.15) is 0 Å². The molecular weight excluding hydrogens is 285 g/mol. The van der Waals surface area contributed by atoms with Crippen LogP contribution in [0, 0.1) is 5.82 Å². The Morgan fingerprint density at radius 3 is 2.64 bits per heavy atom. The molecule has 1 N–H and O–H groups in total. The molecule has 0 atom stereocenters. The quantitative estimate of drug-likeness (QED) is 0.946. The molecule has 0 aliphatic carbocycles.